The largest absolute Gasteiger partial charge is 0.389 e. The number of thiocarbonyl (C=S) groups is 1. The molecular formula is C16H24N2S. The highest BCUT2D eigenvalue weighted by Gasteiger charge is 2.31. The van der Waals surface area contributed by atoms with Gasteiger partial charge in [-0.1, -0.05) is 51.0 Å². The maximum atomic E-state index is 5.83. The highest BCUT2D eigenvalue weighted by Crippen LogP contribution is 2.39. The van der Waals surface area contributed by atoms with Crippen LogP contribution in [0.4, 0.5) is 5.69 Å². The summed E-state index contributed by atoms with van der Waals surface area (Å²) in [6, 6.07) is 8.24. The van der Waals surface area contributed by atoms with Crippen LogP contribution in [-0.2, 0) is 0 Å². The van der Waals surface area contributed by atoms with E-state index < -0.39 is 0 Å². The zero-order chi connectivity index (χ0) is 13.9. The predicted molar refractivity (Wildman–Crippen MR) is 86.8 cm³/mol. The van der Waals surface area contributed by atoms with Crippen molar-refractivity contribution < 1.29 is 0 Å². The predicted octanol–water partition coefficient (Wildman–Crippen LogP) is 3.73. The highest BCUT2D eigenvalue weighted by atomic mass is 32.1. The quantitative estimate of drug-likeness (QED) is 0.850. The fourth-order valence-corrected chi connectivity index (χ4v) is 3.31. The third kappa shape index (κ3) is 2.92. The number of hydrogen-bond donors (Lipinski definition) is 1. The van der Waals surface area contributed by atoms with Crippen molar-refractivity contribution in [1.82, 2.24) is 0 Å². The topological polar surface area (TPSA) is 29.3 Å². The Hall–Kier alpha value is -1.09. The number of anilines is 1. The summed E-state index contributed by atoms with van der Waals surface area (Å²) in [5.74, 6) is 0. The Bertz CT molecular complexity index is 442. The van der Waals surface area contributed by atoms with Gasteiger partial charge in [-0.15, -0.1) is 0 Å². The minimum absolute atomic E-state index is 0.499. The van der Waals surface area contributed by atoms with E-state index in [1.165, 1.54) is 31.4 Å². The lowest BCUT2D eigenvalue weighted by Crippen LogP contribution is -2.40. The molecule has 0 atom stereocenters. The molecule has 104 valence electrons. The van der Waals surface area contributed by atoms with Crippen molar-refractivity contribution in [3.63, 3.8) is 0 Å². The zero-order valence-corrected chi connectivity index (χ0v) is 12.8. The van der Waals surface area contributed by atoms with E-state index in [9.17, 15) is 0 Å². The molecule has 1 aromatic rings. The summed E-state index contributed by atoms with van der Waals surface area (Å²) in [6.07, 6.45) is 5.11. The minimum atomic E-state index is 0.499. The molecule has 0 spiro atoms. The monoisotopic (exact) mass is 276 g/mol. The zero-order valence-electron chi connectivity index (χ0n) is 12.0. The van der Waals surface area contributed by atoms with E-state index in [2.05, 4.69) is 30.9 Å². The Morgan fingerprint density at radius 2 is 1.79 bits per heavy atom. The molecule has 1 aromatic carbocycles. The molecule has 0 radical (unpaired) electrons. The molecule has 2 rings (SSSR count). The van der Waals surface area contributed by atoms with Gasteiger partial charge in [-0.25, -0.2) is 0 Å². The second-order valence-electron chi connectivity index (χ2n) is 5.58. The third-order valence-electron chi connectivity index (χ3n) is 4.83. The first-order chi connectivity index (χ1) is 9.12. The lowest BCUT2D eigenvalue weighted by molar-refractivity contribution is 0.199. The van der Waals surface area contributed by atoms with Crippen molar-refractivity contribution in [2.24, 2.45) is 11.1 Å². The number of para-hydroxylation sites is 1. The first-order valence-corrected chi connectivity index (χ1v) is 7.66. The Balaban J connectivity index is 2.16. The van der Waals surface area contributed by atoms with Crippen LogP contribution in [0.3, 0.4) is 0 Å². The van der Waals surface area contributed by atoms with E-state index in [1.54, 1.807) is 0 Å². The van der Waals surface area contributed by atoms with Gasteiger partial charge in [-0.05, 0) is 30.4 Å². The smallest absolute Gasteiger partial charge is 0.106 e. The number of nitrogens with two attached hydrogens (primary N) is 1. The molecule has 2 N–H and O–H groups in total. The molecule has 1 aliphatic rings. The van der Waals surface area contributed by atoms with Crippen molar-refractivity contribution in [2.75, 3.05) is 18.0 Å². The SMILES string of the molecule is CCC1(CC)CCN(c2ccccc2C(N)=S)CC1. The third-order valence-corrected chi connectivity index (χ3v) is 5.05. The fraction of sp³-hybridized carbons (Fsp3) is 0.562. The lowest BCUT2D eigenvalue weighted by Gasteiger charge is -2.42. The van der Waals surface area contributed by atoms with Gasteiger partial charge in [0.2, 0.25) is 0 Å². The molecule has 1 heterocycles. The molecule has 1 saturated heterocycles. The summed E-state index contributed by atoms with van der Waals surface area (Å²) in [5, 5.41) is 0. The maximum Gasteiger partial charge on any atom is 0.106 e. The second-order valence-corrected chi connectivity index (χ2v) is 6.02. The summed E-state index contributed by atoms with van der Waals surface area (Å²) in [6.45, 7) is 6.87. The van der Waals surface area contributed by atoms with Crippen molar-refractivity contribution in [2.45, 2.75) is 39.5 Å². The van der Waals surface area contributed by atoms with E-state index in [1.807, 2.05) is 12.1 Å². The number of rotatable bonds is 4. The van der Waals surface area contributed by atoms with Crippen LogP contribution in [0.15, 0.2) is 24.3 Å². The molecule has 0 bridgehead atoms. The molecule has 0 aromatic heterocycles. The standard InChI is InChI=1S/C16H24N2S/c1-3-16(4-2)9-11-18(12-10-16)14-8-6-5-7-13(14)15(17)19/h5-8H,3-4,9-12H2,1-2H3,(H2,17,19). The molecule has 2 nitrogen and oxygen atoms in total. The molecule has 0 aliphatic carbocycles. The normalized spacial score (nSPS) is 18.3. The van der Waals surface area contributed by atoms with E-state index in [0.29, 0.717) is 10.4 Å². The van der Waals surface area contributed by atoms with Crippen LogP contribution < -0.4 is 10.6 Å². The molecule has 0 saturated carbocycles. The summed E-state index contributed by atoms with van der Waals surface area (Å²) < 4.78 is 0. The van der Waals surface area contributed by atoms with E-state index in [-0.39, 0.29) is 0 Å². The first kappa shape index (κ1) is 14.3. The van der Waals surface area contributed by atoms with Gasteiger partial charge in [0.05, 0.1) is 0 Å². The minimum Gasteiger partial charge on any atom is -0.389 e. The number of nitrogens with zero attached hydrogens (tertiary/aromatic N) is 1. The average Bonchev–Trinajstić information content (AvgIpc) is 2.47. The fourth-order valence-electron chi connectivity index (χ4n) is 3.14. The first-order valence-electron chi connectivity index (χ1n) is 7.25. The Morgan fingerprint density at radius 1 is 1.21 bits per heavy atom. The van der Waals surface area contributed by atoms with Gasteiger partial charge >= 0.3 is 0 Å². The van der Waals surface area contributed by atoms with E-state index in [0.717, 1.165) is 18.7 Å². The molecule has 3 heteroatoms. The van der Waals surface area contributed by atoms with Gasteiger partial charge in [0.15, 0.2) is 0 Å². The summed E-state index contributed by atoms with van der Waals surface area (Å²) >= 11 is 5.16. The number of hydrogen-bond acceptors (Lipinski definition) is 2. The molecule has 1 aliphatic heterocycles. The molecular weight excluding hydrogens is 252 g/mol. The van der Waals surface area contributed by atoms with Crippen LogP contribution in [0.1, 0.15) is 45.1 Å². The maximum absolute atomic E-state index is 5.83. The lowest BCUT2D eigenvalue weighted by atomic mass is 9.74. The molecule has 1 fully saturated rings. The van der Waals surface area contributed by atoms with Gasteiger partial charge in [0.25, 0.3) is 0 Å². The average molecular weight is 276 g/mol. The Labute approximate surface area is 122 Å². The highest BCUT2D eigenvalue weighted by molar-refractivity contribution is 7.80. The Morgan fingerprint density at radius 3 is 2.32 bits per heavy atom. The number of benzene rings is 1. The van der Waals surface area contributed by atoms with Crippen LogP contribution in [0.2, 0.25) is 0 Å². The van der Waals surface area contributed by atoms with Crippen LogP contribution in [0, 0.1) is 5.41 Å². The van der Waals surface area contributed by atoms with E-state index in [4.69, 9.17) is 18.0 Å². The van der Waals surface area contributed by atoms with Crippen LogP contribution in [-0.4, -0.2) is 18.1 Å². The summed E-state index contributed by atoms with van der Waals surface area (Å²) in [5.41, 5.74) is 8.60. The van der Waals surface area contributed by atoms with Gasteiger partial charge in [-0.3, -0.25) is 0 Å². The van der Waals surface area contributed by atoms with Crippen molar-refractivity contribution in [1.29, 1.82) is 0 Å². The van der Waals surface area contributed by atoms with E-state index >= 15 is 0 Å². The van der Waals surface area contributed by atoms with Gasteiger partial charge in [-0.2, -0.15) is 0 Å². The van der Waals surface area contributed by atoms with Crippen molar-refractivity contribution >= 4 is 22.9 Å². The Kier molecular flexibility index (Phi) is 4.46. The molecule has 0 unspecified atom stereocenters. The van der Waals surface area contributed by atoms with Gasteiger partial charge < -0.3 is 10.6 Å². The number of piperidine rings is 1. The van der Waals surface area contributed by atoms with Gasteiger partial charge in [0, 0.05) is 24.3 Å². The van der Waals surface area contributed by atoms with Gasteiger partial charge in [0.1, 0.15) is 4.99 Å². The summed E-state index contributed by atoms with van der Waals surface area (Å²) in [7, 11) is 0. The second kappa shape index (κ2) is 5.91. The summed E-state index contributed by atoms with van der Waals surface area (Å²) in [4.78, 5) is 2.94. The van der Waals surface area contributed by atoms with Crippen LogP contribution in [0.5, 0.6) is 0 Å². The van der Waals surface area contributed by atoms with Crippen molar-refractivity contribution in [3.05, 3.63) is 29.8 Å². The van der Waals surface area contributed by atoms with Crippen LogP contribution in [0.25, 0.3) is 0 Å². The van der Waals surface area contributed by atoms with Crippen molar-refractivity contribution in [3.8, 4) is 0 Å². The van der Waals surface area contributed by atoms with Crippen LogP contribution >= 0.6 is 12.2 Å². The molecule has 19 heavy (non-hydrogen) atoms. The molecule has 0 amide bonds.